The van der Waals surface area contributed by atoms with Crippen LogP contribution in [0.4, 0.5) is 13.2 Å². The number of nitrogens with zero attached hydrogens (tertiary/aromatic N) is 2. The van der Waals surface area contributed by atoms with Gasteiger partial charge in [-0.2, -0.15) is 13.2 Å². The van der Waals surface area contributed by atoms with Crippen LogP contribution in [-0.2, 0) is 6.61 Å². The second-order valence-electron chi connectivity index (χ2n) is 6.50. The molecule has 0 amide bonds. The minimum Gasteiger partial charge on any atom is -0.390 e. The summed E-state index contributed by atoms with van der Waals surface area (Å²) in [6.45, 7) is -0.401. The number of alkyl halides is 3. The van der Waals surface area contributed by atoms with Gasteiger partial charge in [-0.05, 0) is 49.9 Å². The van der Waals surface area contributed by atoms with Gasteiger partial charge in [0.2, 0.25) is 0 Å². The minimum absolute atomic E-state index is 0.00794. The van der Waals surface area contributed by atoms with Gasteiger partial charge in [0, 0.05) is 17.0 Å². The maximum absolute atomic E-state index is 12.9. The van der Waals surface area contributed by atoms with E-state index in [9.17, 15) is 23.1 Å². The quantitative estimate of drug-likeness (QED) is 0.859. The first kappa shape index (κ1) is 18.9. The van der Waals surface area contributed by atoms with Crippen molar-refractivity contribution in [2.45, 2.75) is 44.4 Å². The minimum atomic E-state index is -4.19. The molecule has 0 spiro atoms. The lowest BCUT2D eigenvalue weighted by molar-refractivity contribution is -0.182. The summed E-state index contributed by atoms with van der Waals surface area (Å²) in [5.41, 5.74) is 0.386. The Morgan fingerprint density at radius 1 is 1.15 bits per heavy atom. The average molecular weight is 387 g/mol. The molecule has 140 valence electrons. The molecule has 0 atom stereocenters. The molecule has 4 nitrogen and oxygen atoms in total. The monoisotopic (exact) mass is 386 g/mol. The molecule has 26 heavy (non-hydrogen) atoms. The van der Waals surface area contributed by atoms with Crippen LogP contribution in [0.1, 0.15) is 43.1 Å². The molecule has 1 heterocycles. The number of benzene rings is 1. The summed E-state index contributed by atoms with van der Waals surface area (Å²) in [5.74, 6) is -1.19. The summed E-state index contributed by atoms with van der Waals surface area (Å²) in [4.78, 5) is 16.9. The molecule has 0 unspecified atom stereocenters. The molecule has 8 heteroatoms. The highest BCUT2D eigenvalue weighted by molar-refractivity contribution is 6.30. The highest BCUT2D eigenvalue weighted by Gasteiger charge is 2.42. The molecule has 0 aliphatic heterocycles. The second kappa shape index (κ2) is 7.40. The maximum Gasteiger partial charge on any atom is 0.391 e. The van der Waals surface area contributed by atoms with Gasteiger partial charge in [-0.1, -0.05) is 11.6 Å². The number of hydrogen-bond donors (Lipinski definition) is 1. The SMILES string of the molecule is O=c1cc(CO)nc([C@H]2CC[C@@H](C(F)(F)F)CC2)n1-c1ccc(Cl)cc1. The van der Waals surface area contributed by atoms with Gasteiger partial charge >= 0.3 is 6.18 Å². The molecular weight excluding hydrogens is 369 g/mol. The molecule has 1 fully saturated rings. The van der Waals surface area contributed by atoms with Crippen molar-refractivity contribution in [1.29, 1.82) is 0 Å². The maximum atomic E-state index is 12.9. The molecule has 1 aliphatic rings. The van der Waals surface area contributed by atoms with E-state index in [1.807, 2.05) is 0 Å². The largest absolute Gasteiger partial charge is 0.391 e. The molecule has 2 aromatic rings. The molecule has 0 bridgehead atoms. The lowest BCUT2D eigenvalue weighted by Gasteiger charge is -2.30. The highest BCUT2D eigenvalue weighted by Crippen LogP contribution is 2.42. The zero-order chi connectivity index (χ0) is 18.9. The number of hydrogen-bond acceptors (Lipinski definition) is 3. The van der Waals surface area contributed by atoms with Crippen LogP contribution in [0.5, 0.6) is 0 Å². The van der Waals surface area contributed by atoms with Crippen molar-refractivity contribution in [2.24, 2.45) is 5.92 Å². The van der Waals surface area contributed by atoms with Gasteiger partial charge in [0.25, 0.3) is 5.56 Å². The third kappa shape index (κ3) is 3.94. The topological polar surface area (TPSA) is 55.1 Å². The zero-order valence-corrected chi connectivity index (χ0v) is 14.6. The first-order valence-corrected chi connectivity index (χ1v) is 8.73. The summed E-state index contributed by atoms with van der Waals surface area (Å²) in [7, 11) is 0. The van der Waals surface area contributed by atoms with E-state index >= 15 is 0 Å². The Bertz CT molecular complexity index is 826. The van der Waals surface area contributed by atoms with Crippen LogP contribution in [0.15, 0.2) is 35.1 Å². The van der Waals surface area contributed by atoms with E-state index in [0.717, 1.165) is 0 Å². The lowest BCUT2D eigenvalue weighted by atomic mass is 9.81. The van der Waals surface area contributed by atoms with Crippen LogP contribution >= 0.6 is 11.6 Å². The molecule has 1 saturated carbocycles. The van der Waals surface area contributed by atoms with Crippen LogP contribution in [0.25, 0.3) is 5.69 Å². The van der Waals surface area contributed by atoms with Gasteiger partial charge in [-0.3, -0.25) is 9.36 Å². The highest BCUT2D eigenvalue weighted by atomic mass is 35.5. The van der Waals surface area contributed by atoms with Gasteiger partial charge in [-0.25, -0.2) is 4.98 Å². The van der Waals surface area contributed by atoms with Crippen molar-refractivity contribution >= 4 is 11.6 Å². The standard InChI is InChI=1S/C18H18ClF3N2O2/c19-13-5-7-15(8-6-13)24-16(26)9-14(10-25)23-17(24)11-1-3-12(4-2-11)18(20,21)22/h5-9,11-12,25H,1-4,10H2/t11-,12+. The fraction of sp³-hybridized carbons (Fsp3) is 0.444. The second-order valence-corrected chi connectivity index (χ2v) is 6.94. The predicted octanol–water partition coefficient (Wildman–Crippen LogP) is 4.21. The van der Waals surface area contributed by atoms with Crippen molar-refractivity contribution in [1.82, 2.24) is 9.55 Å². The molecule has 0 saturated heterocycles. The van der Waals surface area contributed by atoms with Crippen LogP contribution in [0.2, 0.25) is 5.02 Å². The van der Waals surface area contributed by atoms with Crippen LogP contribution in [0.3, 0.4) is 0 Å². The van der Waals surface area contributed by atoms with Gasteiger partial charge in [0.15, 0.2) is 0 Å². The van der Waals surface area contributed by atoms with E-state index in [4.69, 9.17) is 11.6 Å². The molecule has 3 rings (SSSR count). The van der Waals surface area contributed by atoms with Gasteiger partial charge in [0.1, 0.15) is 5.82 Å². The Hall–Kier alpha value is -1.86. The third-order valence-corrected chi connectivity index (χ3v) is 5.05. The summed E-state index contributed by atoms with van der Waals surface area (Å²) >= 11 is 5.89. The van der Waals surface area contributed by atoms with E-state index in [2.05, 4.69) is 4.98 Å². The Labute approximate surface area is 153 Å². The number of aliphatic hydroxyl groups is 1. The van der Waals surface area contributed by atoms with Gasteiger partial charge in [-0.15, -0.1) is 0 Å². The third-order valence-electron chi connectivity index (χ3n) is 4.80. The molecule has 1 aromatic heterocycles. The summed E-state index contributed by atoms with van der Waals surface area (Å²) < 4.78 is 40.2. The smallest absolute Gasteiger partial charge is 0.390 e. The first-order chi connectivity index (χ1) is 12.3. The summed E-state index contributed by atoms with van der Waals surface area (Å²) in [5, 5.41) is 9.86. The fourth-order valence-electron chi connectivity index (χ4n) is 3.43. The average Bonchev–Trinajstić information content (AvgIpc) is 2.61. The summed E-state index contributed by atoms with van der Waals surface area (Å²) in [6.07, 6.45) is -3.60. The van der Waals surface area contributed by atoms with Crippen molar-refractivity contribution in [3.8, 4) is 5.69 Å². The van der Waals surface area contributed by atoms with Gasteiger partial charge in [0.05, 0.1) is 23.9 Å². The van der Waals surface area contributed by atoms with Crippen LogP contribution in [0, 0.1) is 5.92 Å². The van der Waals surface area contributed by atoms with Crippen molar-refractivity contribution in [3.05, 3.63) is 57.2 Å². The van der Waals surface area contributed by atoms with Crippen molar-refractivity contribution < 1.29 is 18.3 Å². The van der Waals surface area contributed by atoms with Crippen molar-refractivity contribution in [2.75, 3.05) is 0 Å². The molecule has 0 radical (unpaired) electrons. The number of rotatable bonds is 3. The Morgan fingerprint density at radius 3 is 2.31 bits per heavy atom. The van der Waals surface area contributed by atoms with Gasteiger partial charge < -0.3 is 5.11 Å². The molecular formula is C18H18ClF3N2O2. The Balaban J connectivity index is 1.99. The van der Waals surface area contributed by atoms with E-state index in [1.54, 1.807) is 24.3 Å². The van der Waals surface area contributed by atoms with E-state index in [-0.39, 0.29) is 30.0 Å². The Kier molecular flexibility index (Phi) is 5.39. The van der Waals surface area contributed by atoms with Crippen molar-refractivity contribution in [3.63, 3.8) is 0 Å². The normalized spacial score (nSPS) is 21.0. The van der Waals surface area contributed by atoms with E-state index < -0.39 is 18.7 Å². The van der Waals surface area contributed by atoms with E-state index in [1.165, 1.54) is 10.6 Å². The number of halogens is 4. The van der Waals surface area contributed by atoms with Crippen LogP contribution in [-0.4, -0.2) is 20.8 Å². The lowest BCUT2D eigenvalue weighted by Crippen LogP contribution is -2.31. The zero-order valence-electron chi connectivity index (χ0n) is 13.8. The summed E-state index contributed by atoms with van der Waals surface area (Å²) in [6, 6.07) is 7.82. The predicted molar refractivity (Wildman–Crippen MR) is 91.5 cm³/mol. The fourth-order valence-corrected chi connectivity index (χ4v) is 3.56. The van der Waals surface area contributed by atoms with E-state index in [0.29, 0.717) is 29.4 Å². The van der Waals surface area contributed by atoms with Crippen LogP contribution < -0.4 is 5.56 Å². The molecule has 1 aliphatic carbocycles. The molecule has 1 aromatic carbocycles. The first-order valence-electron chi connectivity index (χ1n) is 8.36. The Morgan fingerprint density at radius 2 is 1.77 bits per heavy atom. The number of aromatic nitrogens is 2. The number of aliphatic hydroxyl groups excluding tert-OH is 1. The molecule has 1 N–H and O–H groups in total.